The van der Waals surface area contributed by atoms with Gasteiger partial charge in [0.25, 0.3) is 0 Å². The van der Waals surface area contributed by atoms with Crippen LogP contribution in [0.5, 0.6) is 5.75 Å². The van der Waals surface area contributed by atoms with Crippen LogP contribution >= 0.6 is 0 Å². The lowest BCUT2D eigenvalue weighted by atomic mass is 9.83. The first-order chi connectivity index (χ1) is 17.5. The van der Waals surface area contributed by atoms with E-state index in [4.69, 9.17) is 13.9 Å². The number of morpholine rings is 1. The first-order valence-electron chi connectivity index (χ1n) is 13.1. The molecule has 36 heavy (non-hydrogen) atoms. The molecule has 0 radical (unpaired) electrons. The minimum Gasteiger partial charge on any atom is -0.496 e. The lowest BCUT2D eigenvalue weighted by molar-refractivity contribution is -0.143. The highest BCUT2D eigenvalue weighted by Crippen LogP contribution is 2.41. The van der Waals surface area contributed by atoms with Gasteiger partial charge < -0.3 is 24.1 Å². The van der Waals surface area contributed by atoms with Crippen LogP contribution in [-0.2, 0) is 14.3 Å². The van der Waals surface area contributed by atoms with Crippen molar-refractivity contribution in [3.8, 4) is 5.75 Å². The van der Waals surface area contributed by atoms with Crippen molar-refractivity contribution in [3.05, 3.63) is 53.5 Å². The van der Waals surface area contributed by atoms with E-state index >= 15 is 0 Å². The molecule has 0 spiro atoms. The Bertz CT molecular complexity index is 1020. The molecule has 8 heteroatoms. The van der Waals surface area contributed by atoms with Gasteiger partial charge >= 0.3 is 0 Å². The van der Waals surface area contributed by atoms with Crippen LogP contribution in [0, 0.1) is 12.8 Å². The molecule has 2 aromatic rings. The topological polar surface area (TPSA) is 84.3 Å². The molecule has 8 nitrogen and oxygen atoms in total. The summed E-state index contributed by atoms with van der Waals surface area (Å²) in [7, 11) is 1.63. The number of methoxy groups -OCH3 is 1. The van der Waals surface area contributed by atoms with E-state index in [2.05, 4.69) is 17.1 Å². The number of benzene rings is 1. The number of ether oxygens (including phenoxy) is 2. The fourth-order valence-corrected chi connectivity index (χ4v) is 5.37. The van der Waals surface area contributed by atoms with Gasteiger partial charge in [0.15, 0.2) is 0 Å². The molecule has 3 unspecified atom stereocenters. The van der Waals surface area contributed by atoms with Gasteiger partial charge in [0.05, 0.1) is 38.3 Å². The summed E-state index contributed by atoms with van der Waals surface area (Å²) < 4.78 is 17.2. The number of carbonyl (C=O) groups excluding carboxylic acids is 2. The average molecular weight is 498 g/mol. The third kappa shape index (κ3) is 5.93. The van der Waals surface area contributed by atoms with Gasteiger partial charge in [0, 0.05) is 38.2 Å². The maximum absolute atomic E-state index is 13.8. The number of hydrogen-bond acceptors (Lipinski definition) is 6. The molecular formula is C28H39N3O5. The maximum atomic E-state index is 13.8. The number of unbranched alkanes of at least 4 members (excludes halogenated alkanes) is 1. The van der Waals surface area contributed by atoms with Gasteiger partial charge in [0.2, 0.25) is 11.8 Å². The Kier molecular flexibility index (Phi) is 9.04. The van der Waals surface area contributed by atoms with Crippen molar-refractivity contribution < 1.29 is 23.5 Å². The lowest BCUT2D eigenvalue weighted by Gasteiger charge is -2.41. The molecule has 2 aliphatic heterocycles. The normalized spacial score (nSPS) is 21.9. The Labute approximate surface area is 213 Å². The first kappa shape index (κ1) is 26.2. The molecule has 2 fully saturated rings. The number of para-hydroxylation sites is 1. The fraction of sp³-hybridized carbons (Fsp3) is 0.571. The summed E-state index contributed by atoms with van der Waals surface area (Å²) in [5, 5.41) is 3.23. The van der Waals surface area contributed by atoms with E-state index in [1.807, 2.05) is 48.2 Å². The summed E-state index contributed by atoms with van der Waals surface area (Å²) in [4.78, 5) is 31.0. The smallest absolute Gasteiger partial charge is 0.225 e. The van der Waals surface area contributed by atoms with Crippen molar-refractivity contribution in [3.63, 3.8) is 0 Å². The van der Waals surface area contributed by atoms with Gasteiger partial charge in [-0.05, 0) is 38.0 Å². The second-order valence-corrected chi connectivity index (χ2v) is 9.63. The number of rotatable bonds is 10. The Balaban J connectivity index is 1.57. The van der Waals surface area contributed by atoms with Crippen molar-refractivity contribution in [2.24, 2.45) is 5.92 Å². The van der Waals surface area contributed by atoms with Crippen molar-refractivity contribution in [2.45, 2.75) is 51.6 Å². The lowest BCUT2D eigenvalue weighted by Crippen LogP contribution is -2.50. The van der Waals surface area contributed by atoms with Crippen LogP contribution < -0.4 is 10.1 Å². The Hall–Kier alpha value is -2.84. The molecule has 4 rings (SSSR count). The molecule has 0 bridgehead atoms. The van der Waals surface area contributed by atoms with Crippen LogP contribution in [0.3, 0.4) is 0 Å². The predicted octanol–water partition coefficient (Wildman–Crippen LogP) is 3.87. The summed E-state index contributed by atoms with van der Waals surface area (Å²) in [5.41, 5.74) is 0.885. The zero-order chi connectivity index (χ0) is 25.5. The predicted molar refractivity (Wildman–Crippen MR) is 137 cm³/mol. The van der Waals surface area contributed by atoms with Crippen LogP contribution in [0.4, 0.5) is 0 Å². The van der Waals surface area contributed by atoms with E-state index in [9.17, 15) is 9.59 Å². The van der Waals surface area contributed by atoms with Crippen LogP contribution in [0.2, 0.25) is 0 Å². The number of furan rings is 1. The van der Waals surface area contributed by atoms with Crippen LogP contribution in [0.25, 0.3) is 0 Å². The minimum atomic E-state index is -0.362. The number of hydrogen-bond donors (Lipinski definition) is 1. The van der Waals surface area contributed by atoms with Crippen molar-refractivity contribution >= 4 is 11.8 Å². The zero-order valence-electron chi connectivity index (χ0n) is 21.7. The molecule has 2 amide bonds. The Morgan fingerprint density at radius 2 is 1.97 bits per heavy atom. The monoisotopic (exact) mass is 497 g/mol. The van der Waals surface area contributed by atoms with Gasteiger partial charge in [-0.3, -0.25) is 14.5 Å². The van der Waals surface area contributed by atoms with E-state index in [0.717, 1.165) is 43.0 Å². The first-order valence-corrected chi connectivity index (χ1v) is 13.1. The van der Waals surface area contributed by atoms with E-state index in [1.165, 1.54) is 0 Å². The molecule has 1 aromatic heterocycles. The van der Waals surface area contributed by atoms with Gasteiger partial charge in [0.1, 0.15) is 17.3 Å². The van der Waals surface area contributed by atoms with Crippen molar-refractivity contribution in [2.75, 3.05) is 46.5 Å². The van der Waals surface area contributed by atoms with E-state index in [0.29, 0.717) is 44.9 Å². The van der Waals surface area contributed by atoms with E-state index in [-0.39, 0.29) is 29.8 Å². The molecule has 3 atom stereocenters. The van der Waals surface area contributed by atoms with Gasteiger partial charge in [-0.2, -0.15) is 0 Å². The summed E-state index contributed by atoms with van der Waals surface area (Å²) in [6.45, 7) is 8.00. The molecule has 1 N–H and O–H groups in total. The fourth-order valence-electron chi connectivity index (χ4n) is 5.37. The third-order valence-corrected chi connectivity index (χ3v) is 7.30. The number of carbonyl (C=O) groups is 2. The molecule has 2 saturated heterocycles. The average Bonchev–Trinajstić information content (AvgIpc) is 3.34. The number of likely N-dealkylation sites (tertiary alicyclic amines) is 1. The number of aryl methyl sites for hydroxylation is 1. The highest BCUT2D eigenvalue weighted by molar-refractivity contribution is 5.85. The van der Waals surface area contributed by atoms with Crippen LogP contribution in [0.15, 0.2) is 40.8 Å². The molecule has 2 aliphatic rings. The van der Waals surface area contributed by atoms with Crippen LogP contribution in [-0.4, -0.2) is 68.1 Å². The summed E-state index contributed by atoms with van der Waals surface area (Å²) >= 11 is 0. The quantitative estimate of drug-likeness (QED) is 0.537. The standard InChI is InChI=1S/C28H39N3O5/c1-4-5-14-31-26(32)13-11-22(27(31)21-8-6-7-9-24(21)34-3)28(33)29-19-23(25-12-10-20(2)36-25)30-15-17-35-18-16-30/h6-10,12,22-23,27H,4-5,11,13-19H2,1-3H3,(H,29,33). The molecule has 0 aliphatic carbocycles. The van der Waals surface area contributed by atoms with Gasteiger partial charge in [-0.15, -0.1) is 0 Å². The number of amides is 2. The second kappa shape index (κ2) is 12.4. The number of nitrogens with one attached hydrogen (secondary N) is 1. The number of nitrogens with zero attached hydrogens (tertiary/aromatic N) is 2. The molecular weight excluding hydrogens is 458 g/mol. The van der Waals surface area contributed by atoms with Crippen molar-refractivity contribution in [1.29, 1.82) is 0 Å². The Morgan fingerprint density at radius 3 is 2.67 bits per heavy atom. The van der Waals surface area contributed by atoms with E-state index in [1.54, 1.807) is 7.11 Å². The molecule has 0 saturated carbocycles. The minimum absolute atomic E-state index is 0.0403. The highest BCUT2D eigenvalue weighted by Gasteiger charge is 2.41. The van der Waals surface area contributed by atoms with E-state index < -0.39 is 0 Å². The summed E-state index contributed by atoms with van der Waals surface area (Å²) in [6, 6.07) is 11.2. The SMILES string of the molecule is CCCCN1C(=O)CCC(C(=O)NCC(c2ccc(C)o2)N2CCOCC2)C1c1ccccc1OC. The number of piperidine rings is 1. The second-order valence-electron chi connectivity index (χ2n) is 9.63. The Morgan fingerprint density at radius 1 is 1.19 bits per heavy atom. The zero-order valence-corrected chi connectivity index (χ0v) is 21.7. The third-order valence-electron chi connectivity index (χ3n) is 7.30. The van der Waals surface area contributed by atoms with Crippen LogP contribution in [0.1, 0.15) is 61.8 Å². The largest absolute Gasteiger partial charge is 0.496 e. The maximum Gasteiger partial charge on any atom is 0.225 e. The molecule has 1 aromatic carbocycles. The van der Waals surface area contributed by atoms with Gasteiger partial charge in [-0.25, -0.2) is 0 Å². The van der Waals surface area contributed by atoms with Crippen molar-refractivity contribution in [1.82, 2.24) is 15.1 Å². The molecule has 3 heterocycles. The summed E-state index contributed by atoms with van der Waals surface area (Å²) in [5.74, 6) is 2.10. The highest BCUT2D eigenvalue weighted by atomic mass is 16.5. The van der Waals surface area contributed by atoms with Gasteiger partial charge in [-0.1, -0.05) is 31.5 Å². The summed E-state index contributed by atoms with van der Waals surface area (Å²) in [6.07, 6.45) is 2.75. The molecule has 196 valence electrons.